The average Bonchev–Trinajstić information content (AvgIpc) is 2.85. The molecular formula is C12H12N2O2S3. The van der Waals surface area contributed by atoms with Crippen molar-refractivity contribution < 1.29 is 8.42 Å². The number of hydrogen-bond acceptors (Lipinski definition) is 5. The van der Waals surface area contributed by atoms with E-state index >= 15 is 0 Å². The van der Waals surface area contributed by atoms with Crippen LogP contribution in [0.25, 0.3) is 0 Å². The van der Waals surface area contributed by atoms with E-state index in [2.05, 4.69) is 4.98 Å². The lowest BCUT2D eigenvalue weighted by Crippen LogP contribution is -2.35. The van der Waals surface area contributed by atoms with Crippen molar-refractivity contribution in [2.45, 2.75) is 16.2 Å². The fraction of sp³-hybridized carbons (Fsp3) is 0.250. The number of pyridine rings is 1. The first-order valence-electron chi connectivity index (χ1n) is 5.76. The van der Waals surface area contributed by atoms with Crippen molar-refractivity contribution >= 4 is 38.8 Å². The van der Waals surface area contributed by atoms with Crippen molar-refractivity contribution in [2.24, 2.45) is 0 Å². The monoisotopic (exact) mass is 312 g/mol. The van der Waals surface area contributed by atoms with Crippen LogP contribution in [0.15, 0.2) is 39.7 Å². The van der Waals surface area contributed by atoms with E-state index in [1.54, 1.807) is 30.1 Å². The number of sulfonamides is 1. The van der Waals surface area contributed by atoms with Gasteiger partial charge in [0, 0.05) is 23.4 Å². The third-order valence-corrected chi connectivity index (χ3v) is 7.07. The van der Waals surface area contributed by atoms with Crippen LogP contribution >= 0.6 is 23.1 Å². The van der Waals surface area contributed by atoms with Crippen LogP contribution in [-0.4, -0.2) is 25.7 Å². The molecule has 0 aliphatic carbocycles. The van der Waals surface area contributed by atoms with Gasteiger partial charge >= 0.3 is 0 Å². The zero-order valence-electron chi connectivity index (χ0n) is 10.2. The molecule has 0 unspecified atom stereocenters. The summed E-state index contributed by atoms with van der Waals surface area (Å²) in [7, 11) is -3.46. The van der Waals surface area contributed by atoms with Crippen molar-refractivity contribution in [2.75, 3.05) is 16.6 Å². The highest BCUT2D eigenvalue weighted by atomic mass is 32.2. The van der Waals surface area contributed by atoms with E-state index in [9.17, 15) is 8.42 Å². The molecule has 0 spiro atoms. The van der Waals surface area contributed by atoms with Crippen molar-refractivity contribution in [3.63, 3.8) is 0 Å². The zero-order chi connectivity index (χ0) is 13.5. The van der Waals surface area contributed by atoms with E-state index in [1.165, 1.54) is 15.6 Å². The van der Waals surface area contributed by atoms with Crippen molar-refractivity contribution in [3.8, 4) is 0 Å². The molecule has 0 saturated heterocycles. The number of fused-ring (bicyclic) bond motifs is 1. The topological polar surface area (TPSA) is 50.3 Å². The second-order valence-corrected chi connectivity index (χ2v) is 8.58. The molecule has 3 heterocycles. The van der Waals surface area contributed by atoms with Gasteiger partial charge in [-0.3, -0.25) is 4.31 Å². The summed E-state index contributed by atoms with van der Waals surface area (Å²) in [4.78, 5) is 5.24. The standard InChI is InChI=1S/C12H12N2O2S3/c1-9-4-5-11(18-9)19(15,16)14-7-8-17-12-10(14)3-2-6-13-12/h2-6H,7-8H2,1H3. The van der Waals surface area contributed by atoms with Crippen LogP contribution in [0, 0.1) is 6.92 Å². The fourth-order valence-corrected chi connectivity index (χ4v) is 5.91. The second-order valence-electron chi connectivity index (χ2n) is 4.12. The molecule has 1 aliphatic heterocycles. The molecule has 4 nitrogen and oxygen atoms in total. The Morgan fingerprint density at radius 1 is 1.32 bits per heavy atom. The van der Waals surface area contributed by atoms with E-state index in [4.69, 9.17) is 0 Å². The Morgan fingerprint density at radius 2 is 2.16 bits per heavy atom. The molecule has 100 valence electrons. The van der Waals surface area contributed by atoms with Crippen LogP contribution in [0.3, 0.4) is 0 Å². The summed E-state index contributed by atoms with van der Waals surface area (Å²) < 4.78 is 27.2. The van der Waals surface area contributed by atoms with Crippen LogP contribution in [0.1, 0.15) is 4.88 Å². The van der Waals surface area contributed by atoms with Gasteiger partial charge in [0.25, 0.3) is 10.0 Å². The fourth-order valence-electron chi connectivity index (χ4n) is 1.94. The molecule has 0 aromatic carbocycles. The Balaban J connectivity index is 2.08. The first-order valence-corrected chi connectivity index (χ1v) is 9.00. The van der Waals surface area contributed by atoms with E-state index < -0.39 is 10.0 Å². The molecule has 3 rings (SSSR count). The SMILES string of the molecule is Cc1ccc(S(=O)(=O)N2CCSc3ncccc32)s1. The molecule has 0 radical (unpaired) electrons. The normalized spacial score (nSPS) is 15.3. The average molecular weight is 312 g/mol. The maximum atomic E-state index is 12.7. The molecule has 7 heteroatoms. The maximum absolute atomic E-state index is 12.7. The number of anilines is 1. The minimum Gasteiger partial charge on any atom is -0.262 e. The van der Waals surface area contributed by atoms with Gasteiger partial charge in [-0.1, -0.05) is 0 Å². The minimum atomic E-state index is -3.46. The number of nitrogens with zero attached hydrogens (tertiary/aromatic N) is 2. The second kappa shape index (κ2) is 4.81. The highest BCUT2D eigenvalue weighted by Crippen LogP contribution is 2.37. The Kier molecular flexibility index (Phi) is 3.28. The van der Waals surface area contributed by atoms with Gasteiger partial charge in [0.1, 0.15) is 9.24 Å². The third kappa shape index (κ3) is 2.26. The molecule has 2 aromatic heterocycles. The Hall–Kier alpha value is -1.05. The van der Waals surface area contributed by atoms with Crippen molar-refractivity contribution in [1.29, 1.82) is 0 Å². The lowest BCUT2D eigenvalue weighted by molar-refractivity contribution is 0.593. The summed E-state index contributed by atoms with van der Waals surface area (Å²) in [6, 6.07) is 7.09. The summed E-state index contributed by atoms with van der Waals surface area (Å²) in [5.41, 5.74) is 0.685. The Bertz CT molecular complexity index is 709. The summed E-state index contributed by atoms with van der Waals surface area (Å²) in [5, 5.41) is 0.783. The number of hydrogen-bond donors (Lipinski definition) is 0. The molecular weight excluding hydrogens is 300 g/mol. The van der Waals surface area contributed by atoms with Gasteiger partial charge < -0.3 is 0 Å². The number of aryl methyl sites for hydroxylation is 1. The lowest BCUT2D eigenvalue weighted by atomic mass is 10.4. The smallest absolute Gasteiger partial charge is 0.262 e. The number of rotatable bonds is 2. The quantitative estimate of drug-likeness (QED) is 0.855. The Labute approximate surface area is 120 Å². The highest BCUT2D eigenvalue weighted by Gasteiger charge is 2.30. The van der Waals surface area contributed by atoms with Gasteiger partial charge in [0.15, 0.2) is 0 Å². The molecule has 1 aliphatic rings. The van der Waals surface area contributed by atoms with Crippen LogP contribution in [0.4, 0.5) is 5.69 Å². The summed E-state index contributed by atoms with van der Waals surface area (Å²) in [6.07, 6.45) is 1.69. The van der Waals surface area contributed by atoms with Gasteiger partial charge in [-0.2, -0.15) is 0 Å². The van der Waals surface area contributed by atoms with Gasteiger partial charge in [-0.25, -0.2) is 13.4 Å². The van der Waals surface area contributed by atoms with Gasteiger partial charge in [0.05, 0.1) is 5.69 Å². The van der Waals surface area contributed by atoms with E-state index in [-0.39, 0.29) is 0 Å². The molecule has 0 amide bonds. The first-order chi connectivity index (χ1) is 9.09. The predicted octanol–water partition coefficient (Wildman–Crippen LogP) is 2.75. The van der Waals surface area contributed by atoms with E-state index in [0.29, 0.717) is 16.4 Å². The predicted molar refractivity (Wildman–Crippen MR) is 78.5 cm³/mol. The summed E-state index contributed by atoms with van der Waals surface area (Å²) in [5.74, 6) is 0.730. The maximum Gasteiger partial charge on any atom is 0.273 e. The first kappa shape index (κ1) is 13.0. The third-order valence-electron chi connectivity index (χ3n) is 2.81. The number of thiophene rings is 1. The highest BCUT2D eigenvalue weighted by molar-refractivity contribution is 8.00. The van der Waals surface area contributed by atoms with Gasteiger partial charge in [0.2, 0.25) is 0 Å². The number of thioether (sulfide) groups is 1. The van der Waals surface area contributed by atoms with Crippen LogP contribution in [0.2, 0.25) is 0 Å². The van der Waals surface area contributed by atoms with E-state index in [0.717, 1.165) is 15.7 Å². The van der Waals surface area contributed by atoms with Crippen molar-refractivity contribution in [3.05, 3.63) is 35.3 Å². The zero-order valence-corrected chi connectivity index (χ0v) is 12.7. The molecule has 2 aromatic rings. The number of aromatic nitrogens is 1. The van der Waals surface area contributed by atoms with Crippen LogP contribution in [0.5, 0.6) is 0 Å². The van der Waals surface area contributed by atoms with Crippen LogP contribution < -0.4 is 4.31 Å². The molecule has 0 N–H and O–H groups in total. The van der Waals surface area contributed by atoms with Gasteiger partial charge in [-0.15, -0.1) is 23.1 Å². The van der Waals surface area contributed by atoms with Gasteiger partial charge in [-0.05, 0) is 31.2 Å². The molecule has 0 fully saturated rings. The largest absolute Gasteiger partial charge is 0.273 e. The van der Waals surface area contributed by atoms with Crippen LogP contribution in [-0.2, 0) is 10.0 Å². The lowest BCUT2D eigenvalue weighted by Gasteiger charge is -2.28. The molecule has 0 bridgehead atoms. The molecule has 19 heavy (non-hydrogen) atoms. The Morgan fingerprint density at radius 3 is 2.89 bits per heavy atom. The van der Waals surface area contributed by atoms with E-state index in [1.807, 2.05) is 19.1 Å². The minimum absolute atomic E-state index is 0.395. The summed E-state index contributed by atoms with van der Waals surface area (Å²) >= 11 is 2.90. The molecule has 0 atom stereocenters. The summed E-state index contributed by atoms with van der Waals surface area (Å²) in [6.45, 7) is 2.40. The molecule has 0 saturated carbocycles. The van der Waals surface area contributed by atoms with Crippen molar-refractivity contribution in [1.82, 2.24) is 4.98 Å².